The van der Waals surface area contributed by atoms with Gasteiger partial charge in [-0.2, -0.15) is 0 Å². The molecule has 4 heteroatoms. The summed E-state index contributed by atoms with van der Waals surface area (Å²) in [5.41, 5.74) is 0.469. The van der Waals surface area contributed by atoms with Gasteiger partial charge in [0.15, 0.2) is 0 Å². The quantitative estimate of drug-likeness (QED) is 0.855. The van der Waals surface area contributed by atoms with Gasteiger partial charge in [0.05, 0.1) is 18.8 Å². The van der Waals surface area contributed by atoms with E-state index in [2.05, 4.69) is 4.90 Å². The molecule has 1 heterocycles. The highest BCUT2D eigenvalue weighted by atomic mass is 19.1. The van der Waals surface area contributed by atoms with E-state index in [0.29, 0.717) is 18.8 Å². The molecule has 0 aromatic heterocycles. The molecule has 0 atom stereocenters. The molecule has 94 valence electrons. The first-order valence-corrected chi connectivity index (χ1v) is 5.83. The second kappa shape index (κ2) is 4.63. The average Bonchev–Trinajstić information content (AvgIpc) is 2.29. The maximum atomic E-state index is 13.3. The van der Waals surface area contributed by atoms with Crippen LogP contribution in [-0.4, -0.2) is 31.4 Å². The predicted molar refractivity (Wildman–Crippen MR) is 64.7 cm³/mol. The zero-order valence-electron chi connectivity index (χ0n) is 10.2. The Kier molecular flexibility index (Phi) is 3.35. The Balaban J connectivity index is 2.38. The molecule has 17 heavy (non-hydrogen) atoms. The fraction of sp³-hybridized carbons (Fsp3) is 0.538. The van der Waals surface area contributed by atoms with E-state index in [4.69, 9.17) is 4.74 Å². The molecule has 0 unspecified atom stereocenters. The van der Waals surface area contributed by atoms with Gasteiger partial charge >= 0.3 is 0 Å². The van der Waals surface area contributed by atoms with Crippen molar-refractivity contribution in [1.29, 1.82) is 0 Å². The van der Waals surface area contributed by atoms with Crippen LogP contribution in [0.4, 0.5) is 10.1 Å². The summed E-state index contributed by atoms with van der Waals surface area (Å²) in [5, 5.41) is 10.1. The van der Waals surface area contributed by atoms with Gasteiger partial charge in [0.2, 0.25) is 0 Å². The fourth-order valence-electron chi connectivity index (χ4n) is 2.08. The lowest BCUT2D eigenvalue weighted by atomic mass is 9.95. The summed E-state index contributed by atoms with van der Waals surface area (Å²) in [4.78, 5) is 2.12. The SMILES string of the molecule is CC(C)(O)c1cc(F)ccc1N1CCOCC1. The Morgan fingerprint density at radius 2 is 1.94 bits per heavy atom. The van der Waals surface area contributed by atoms with Crippen molar-refractivity contribution in [2.45, 2.75) is 19.4 Å². The average molecular weight is 239 g/mol. The van der Waals surface area contributed by atoms with E-state index in [-0.39, 0.29) is 5.82 Å². The van der Waals surface area contributed by atoms with Gasteiger partial charge in [0.25, 0.3) is 0 Å². The van der Waals surface area contributed by atoms with Crippen LogP contribution in [0.5, 0.6) is 0 Å². The van der Waals surface area contributed by atoms with E-state index in [1.807, 2.05) is 0 Å². The first-order chi connectivity index (χ1) is 7.98. The van der Waals surface area contributed by atoms with Gasteiger partial charge in [-0.05, 0) is 32.0 Å². The molecule has 1 N–H and O–H groups in total. The summed E-state index contributed by atoms with van der Waals surface area (Å²) in [6.07, 6.45) is 0. The van der Waals surface area contributed by atoms with Crippen LogP contribution in [0.1, 0.15) is 19.4 Å². The number of aliphatic hydroxyl groups is 1. The number of morpholine rings is 1. The Morgan fingerprint density at radius 3 is 2.53 bits per heavy atom. The Morgan fingerprint density at radius 1 is 1.29 bits per heavy atom. The summed E-state index contributed by atoms with van der Waals surface area (Å²) in [6.45, 7) is 6.23. The first kappa shape index (κ1) is 12.3. The molecule has 0 amide bonds. The normalized spacial score (nSPS) is 17.3. The number of hydrogen-bond donors (Lipinski definition) is 1. The highest BCUT2D eigenvalue weighted by Crippen LogP contribution is 2.31. The molecule has 1 aliphatic heterocycles. The van der Waals surface area contributed by atoms with E-state index in [0.717, 1.165) is 18.8 Å². The third-order valence-electron chi connectivity index (χ3n) is 2.97. The molecule has 1 aliphatic rings. The molecule has 0 spiro atoms. The van der Waals surface area contributed by atoms with E-state index in [1.165, 1.54) is 12.1 Å². The molecular formula is C13H18FNO2. The van der Waals surface area contributed by atoms with Gasteiger partial charge in [-0.15, -0.1) is 0 Å². The molecule has 1 aromatic carbocycles. The number of rotatable bonds is 2. The maximum absolute atomic E-state index is 13.3. The third kappa shape index (κ3) is 2.76. The van der Waals surface area contributed by atoms with E-state index in [1.54, 1.807) is 19.9 Å². The van der Waals surface area contributed by atoms with Crippen molar-refractivity contribution in [2.75, 3.05) is 31.2 Å². The lowest BCUT2D eigenvalue weighted by Crippen LogP contribution is -2.38. The van der Waals surface area contributed by atoms with E-state index in [9.17, 15) is 9.50 Å². The molecule has 0 saturated carbocycles. The van der Waals surface area contributed by atoms with Crippen LogP contribution in [-0.2, 0) is 10.3 Å². The predicted octanol–water partition coefficient (Wildman–Crippen LogP) is 1.89. The first-order valence-electron chi connectivity index (χ1n) is 5.83. The highest BCUT2D eigenvalue weighted by molar-refractivity contribution is 5.56. The summed E-state index contributed by atoms with van der Waals surface area (Å²) < 4.78 is 18.6. The van der Waals surface area contributed by atoms with Crippen LogP contribution in [0.15, 0.2) is 18.2 Å². The zero-order chi connectivity index (χ0) is 12.5. The van der Waals surface area contributed by atoms with Crippen molar-refractivity contribution in [3.05, 3.63) is 29.6 Å². The summed E-state index contributed by atoms with van der Waals surface area (Å²) >= 11 is 0. The number of benzene rings is 1. The number of ether oxygens (including phenoxy) is 1. The molecule has 2 rings (SSSR count). The second-order valence-electron chi connectivity index (χ2n) is 4.82. The smallest absolute Gasteiger partial charge is 0.123 e. The van der Waals surface area contributed by atoms with Crippen LogP contribution in [0, 0.1) is 5.82 Å². The topological polar surface area (TPSA) is 32.7 Å². The Hall–Kier alpha value is -1.13. The largest absolute Gasteiger partial charge is 0.386 e. The minimum absolute atomic E-state index is 0.320. The zero-order valence-corrected chi connectivity index (χ0v) is 10.2. The minimum Gasteiger partial charge on any atom is -0.386 e. The highest BCUT2D eigenvalue weighted by Gasteiger charge is 2.24. The van der Waals surface area contributed by atoms with Gasteiger partial charge in [-0.1, -0.05) is 0 Å². The number of halogens is 1. The van der Waals surface area contributed by atoms with Crippen molar-refractivity contribution in [3.8, 4) is 0 Å². The van der Waals surface area contributed by atoms with Gasteiger partial charge in [0, 0.05) is 24.3 Å². The number of hydrogen-bond acceptors (Lipinski definition) is 3. The van der Waals surface area contributed by atoms with Crippen molar-refractivity contribution in [1.82, 2.24) is 0 Å². The monoisotopic (exact) mass is 239 g/mol. The number of anilines is 1. The van der Waals surface area contributed by atoms with Gasteiger partial charge in [-0.25, -0.2) is 4.39 Å². The van der Waals surface area contributed by atoms with Gasteiger partial charge < -0.3 is 14.7 Å². The van der Waals surface area contributed by atoms with Crippen molar-refractivity contribution < 1.29 is 14.2 Å². The van der Waals surface area contributed by atoms with Crippen molar-refractivity contribution in [3.63, 3.8) is 0 Å². The van der Waals surface area contributed by atoms with Crippen LogP contribution >= 0.6 is 0 Å². The molecule has 3 nitrogen and oxygen atoms in total. The van der Waals surface area contributed by atoms with Crippen molar-refractivity contribution >= 4 is 5.69 Å². The minimum atomic E-state index is -1.05. The molecular weight excluding hydrogens is 221 g/mol. The van der Waals surface area contributed by atoms with Crippen LogP contribution in [0.25, 0.3) is 0 Å². The molecule has 1 aromatic rings. The Bertz CT molecular complexity index is 395. The summed E-state index contributed by atoms with van der Waals surface area (Å²) in [5.74, 6) is -0.320. The molecule has 1 saturated heterocycles. The summed E-state index contributed by atoms with van der Waals surface area (Å²) in [6, 6.07) is 4.57. The maximum Gasteiger partial charge on any atom is 0.123 e. The molecule has 0 bridgehead atoms. The van der Waals surface area contributed by atoms with Crippen LogP contribution in [0.3, 0.4) is 0 Å². The van der Waals surface area contributed by atoms with Gasteiger partial charge in [-0.3, -0.25) is 0 Å². The molecule has 0 aliphatic carbocycles. The molecule has 1 fully saturated rings. The Labute approximate surface area is 101 Å². The van der Waals surface area contributed by atoms with Crippen molar-refractivity contribution in [2.24, 2.45) is 0 Å². The van der Waals surface area contributed by atoms with Gasteiger partial charge in [0.1, 0.15) is 5.82 Å². The van der Waals surface area contributed by atoms with Crippen LogP contribution < -0.4 is 4.90 Å². The second-order valence-corrected chi connectivity index (χ2v) is 4.82. The lowest BCUT2D eigenvalue weighted by molar-refractivity contribution is 0.0777. The van der Waals surface area contributed by atoms with Crippen LogP contribution in [0.2, 0.25) is 0 Å². The fourth-order valence-corrected chi connectivity index (χ4v) is 2.08. The van der Waals surface area contributed by atoms with E-state index >= 15 is 0 Å². The third-order valence-corrected chi connectivity index (χ3v) is 2.97. The van der Waals surface area contributed by atoms with E-state index < -0.39 is 5.60 Å². The summed E-state index contributed by atoms with van der Waals surface area (Å²) in [7, 11) is 0. The lowest BCUT2D eigenvalue weighted by Gasteiger charge is -2.33. The standard InChI is InChI=1S/C13H18FNO2/c1-13(2,16)11-9-10(14)3-4-12(11)15-5-7-17-8-6-15/h3-4,9,16H,5-8H2,1-2H3. The number of nitrogens with zero attached hydrogens (tertiary/aromatic N) is 1. The molecule has 0 radical (unpaired) electrons.